The second-order valence-electron chi connectivity index (χ2n) is 4.99. The lowest BCUT2D eigenvalue weighted by Gasteiger charge is -2.14. The van der Waals surface area contributed by atoms with Crippen LogP contribution < -0.4 is 11.1 Å². The summed E-state index contributed by atoms with van der Waals surface area (Å²) in [6, 6.07) is 9.73. The molecule has 2 aromatic rings. The molecule has 1 aromatic carbocycles. The van der Waals surface area contributed by atoms with Gasteiger partial charge >= 0.3 is 0 Å². The largest absolute Gasteiger partial charge is 0.367 e. The summed E-state index contributed by atoms with van der Waals surface area (Å²) < 4.78 is 0. The molecule has 110 valence electrons. The number of hydrogen-bond donors (Lipinski definition) is 2. The van der Waals surface area contributed by atoms with Crippen LogP contribution >= 0.6 is 11.6 Å². The zero-order chi connectivity index (χ0) is 15.4. The van der Waals surface area contributed by atoms with Gasteiger partial charge in [0.05, 0.1) is 5.56 Å². The molecule has 0 aliphatic heterocycles. The van der Waals surface area contributed by atoms with Crippen LogP contribution in [0.3, 0.4) is 0 Å². The Morgan fingerprint density at radius 3 is 2.62 bits per heavy atom. The minimum absolute atomic E-state index is 0.140. The van der Waals surface area contributed by atoms with E-state index in [-0.39, 0.29) is 16.6 Å². The Hall–Kier alpha value is -2.14. The molecular formula is C15H17ClN4O. The average Bonchev–Trinajstić information content (AvgIpc) is 2.46. The number of amides is 1. The molecular weight excluding hydrogens is 288 g/mol. The summed E-state index contributed by atoms with van der Waals surface area (Å²) in [5.74, 6) is 0.0203. The second-order valence-corrected chi connectivity index (χ2v) is 5.37. The Balaban J connectivity index is 2.09. The third-order valence-corrected chi connectivity index (χ3v) is 3.44. The summed E-state index contributed by atoms with van der Waals surface area (Å²) in [6.07, 6.45) is 0. The van der Waals surface area contributed by atoms with Crippen LogP contribution in [0.4, 0.5) is 5.82 Å². The van der Waals surface area contributed by atoms with E-state index in [1.54, 1.807) is 0 Å². The number of nitrogens with zero attached hydrogens (tertiary/aromatic N) is 2. The molecule has 0 aliphatic rings. The van der Waals surface area contributed by atoms with E-state index in [1.165, 1.54) is 17.2 Å². The third kappa shape index (κ3) is 3.92. The van der Waals surface area contributed by atoms with Crippen LogP contribution in [0.1, 0.15) is 34.3 Å². The van der Waals surface area contributed by atoms with E-state index in [0.29, 0.717) is 12.4 Å². The fourth-order valence-electron chi connectivity index (χ4n) is 1.95. The van der Waals surface area contributed by atoms with Gasteiger partial charge in [-0.3, -0.25) is 4.79 Å². The average molecular weight is 305 g/mol. The maximum Gasteiger partial charge on any atom is 0.252 e. The molecule has 1 atom stereocenters. The maximum atomic E-state index is 11.4. The van der Waals surface area contributed by atoms with Gasteiger partial charge in [-0.25, -0.2) is 0 Å². The molecule has 21 heavy (non-hydrogen) atoms. The molecule has 0 saturated carbocycles. The molecule has 1 aromatic heterocycles. The lowest BCUT2D eigenvalue weighted by molar-refractivity contribution is 0.100. The Kier molecular flexibility index (Phi) is 4.75. The van der Waals surface area contributed by atoms with Gasteiger partial charge in [-0.15, -0.1) is 10.2 Å². The number of aromatic nitrogens is 2. The normalized spacial score (nSPS) is 12.0. The number of primary amides is 1. The topological polar surface area (TPSA) is 80.9 Å². The highest BCUT2D eigenvalue weighted by Crippen LogP contribution is 2.19. The van der Waals surface area contributed by atoms with Gasteiger partial charge in [-0.05, 0) is 24.5 Å². The SMILES string of the molecule is Cc1ccc(C(C)CNc2nnc(Cl)cc2C(N)=O)cc1. The monoisotopic (exact) mass is 304 g/mol. The van der Waals surface area contributed by atoms with Gasteiger partial charge in [0.1, 0.15) is 0 Å². The summed E-state index contributed by atoms with van der Waals surface area (Å²) in [6.45, 7) is 4.75. The number of aryl methyl sites for hydroxylation is 1. The predicted molar refractivity (Wildman–Crippen MR) is 83.6 cm³/mol. The first-order valence-electron chi connectivity index (χ1n) is 6.61. The number of hydrogen-bond acceptors (Lipinski definition) is 4. The number of nitrogens with two attached hydrogens (primary N) is 1. The zero-order valence-electron chi connectivity index (χ0n) is 11.9. The number of rotatable bonds is 5. The van der Waals surface area contributed by atoms with Gasteiger partial charge in [0.25, 0.3) is 5.91 Å². The lowest BCUT2D eigenvalue weighted by Crippen LogP contribution is -2.18. The number of benzene rings is 1. The molecule has 0 saturated heterocycles. The van der Waals surface area contributed by atoms with E-state index in [2.05, 4.69) is 53.6 Å². The minimum atomic E-state index is -0.586. The van der Waals surface area contributed by atoms with E-state index >= 15 is 0 Å². The van der Waals surface area contributed by atoms with Crippen LogP contribution in [-0.2, 0) is 0 Å². The summed E-state index contributed by atoms with van der Waals surface area (Å²) in [5, 5.41) is 10.9. The van der Waals surface area contributed by atoms with Gasteiger partial charge in [0, 0.05) is 6.54 Å². The van der Waals surface area contributed by atoms with Crippen molar-refractivity contribution in [1.29, 1.82) is 0 Å². The highest BCUT2D eigenvalue weighted by molar-refractivity contribution is 6.29. The Morgan fingerprint density at radius 1 is 1.33 bits per heavy atom. The summed E-state index contributed by atoms with van der Waals surface area (Å²) in [4.78, 5) is 11.4. The molecule has 2 rings (SSSR count). The highest BCUT2D eigenvalue weighted by Gasteiger charge is 2.13. The van der Waals surface area contributed by atoms with Gasteiger partial charge in [-0.2, -0.15) is 0 Å². The van der Waals surface area contributed by atoms with Crippen LogP contribution in [0.5, 0.6) is 0 Å². The van der Waals surface area contributed by atoms with Crippen molar-refractivity contribution in [2.45, 2.75) is 19.8 Å². The molecule has 0 spiro atoms. The number of carbonyl (C=O) groups excluding carboxylic acids is 1. The van der Waals surface area contributed by atoms with Crippen molar-refractivity contribution in [2.24, 2.45) is 5.73 Å². The smallest absolute Gasteiger partial charge is 0.252 e. The van der Waals surface area contributed by atoms with Crippen LogP contribution in [0, 0.1) is 6.92 Å². The highest BCUT2D eigenvalue weighted by atomic mass is 35.5. The molecule has 1 unspecified atom stereocenters. The third-order valence-electron chi connectivity index (χ3n) is 3.25. The Labute approximate surface area is 128 Å². The number of nitrogens with one attached hydrogen (secondary N) is 1. The number of anilines is 1. The second kappa shape index (κ2) is 6.54. The number of carbonyl (C=O) groups is 1. The molecule has 5 nitrogen and oxygen atoms in total. The summed E-state index contributed by atoms with van der Waals surface area (Å²) in [7, 11) is 0. The van der Waals surface area contributed by atoms with Gasteiger partial charge in [0.15, 0.2) is 11.0 Å². The molecule has 3 N–H and O–H groups in total. The first-order valence-corrected chi connectivity index (χ1v) is 6.98. The van der Waals surface area contributed by atoms with E-state index in [1.807, 2.05) is 0 Å². The quantitative estimate of drug-likeness (QED) is 0.890. The van der Waals surface area contributed by atoms with E-state index in [9.17, 15) is 4.79 Å². The lowest BCUT2D eigenvalue weighted by atomic mass is 10.00. The van der Waals surface area contributed by atoms with E-state index in [0.717, 1.165) is 0 Å². The van der Waals surface area contributed by atoms with Crippen molar-refractivity contribution in [3.63, 3.8) is 0 Å². The summed E-state index contributed by atoms with van der Waals surface area (Å²) in [5.41, 5.74) is 7.98. The van der Waals surface area contributed by atoms with Crippen molar-refractivity contribution in [3.8, 4) is 0 Å². The number of halogens is 1. The van der Waals surface area contributed by atoms with Crippen molar-refractivity contribution < 1.29 is 4.79 Å². The predicted octanol–water partition coefficient (Wildman–Crippen LogP) is 2.75. The molecule has 0 radical (unpaired) electrons. The van der Waals surface area contributed by atoms with Crippen molar-refractivity contribution in [1.82, 2.24) is 10.2 Å². The van der Waals surface area contributed by atoms with Gasteiger partial charge < -0.3 is 11.1 Å². The molecule has 1 heterocycles. The van der Waals surface area contributed by atoms with E-state index in [4.69, 9.17) is 17.3 Å². The van der Waals surface area contributed by atoms with Gasteiger partial charge in [0.2, 0.25) is 0 Å². The Bertz CT molecular complexity index is 643. The maximum absolute atomic E-state index is 11.4. The molecule has 0 bridgehead atoms. The molecule has 0 aliphatic carbocycles. The van der Waals surface area contributed by atoms with Gasteiger partial charge in [-0.1, -0.05) is 48.4 Å². The first kappa shape index (κ1) is 15.3. The van der Waals surface area contributed by atoms with Crippen molar-refractivity contribution >= 4 is 23.3 Å². The van der Waals surface area contributed by atoms with Crippen molar-refractivity contribution in [2.75, 3.05) is 11.9 Å². The van der Waals surface area contributed by atoms with Crippen LogP contribution in [-0.4, -0.2) is 22.6 Å². The first-order chi connectivity index (χ1) is 9.97. The van der Waals surface area contributed by atoms with Crippen LogP contribution in [0.25, 0.3) is 0 Å². The fourth-order valence-corrected chi connectivity index (χ4v) is 2.10. The zero-order valence-corrected chi connectivity index (χ0v) is 12.7. The van der Waals surface area contributed by atoms with Crippen molar-refractivity contribution in [3.05, 3.63) is 52.2 Å². The standard InChI is InChI=1S/C15H17ClN4O/c1-9-3-5-11(6-4-9)10(2)8-18-15-12(14(17)21)7-13(16)19-20-15/h3-7,10H,8H2,1-2H3,(H2,17,21)(H,18,20). The Morgan fingerprint density at radius 2 is 2.00 bits per heavy atom. The van der Waals surface area contributed by atoms with E-state index < -0.39 is 5.91 Å². The summed E-state index contributed by atoms with van der Waals surface area (Å²) >= 11 is 5.73. The minimum Gasteiger partial charge on any atom is -0.367 e. The van der Waals surface area contributed by atoms with Crippen LogP contribution in [0.2, 0.25) is 5.15 Å². The fraction of sp³-hybridized carbons (Fsp3) is 0.267. The molecule has 0 fully saturated rings. The molecule has 6 heteroatoms. The molecule has 1 amide bonds. The van der Waals surface area contributed by atoms with Crippen LogP contribution in [0.15, 0.2) is 30.3 Å².